The molecule has 2 aromatic rings. The van der Waals surface area contributed by atoms with Crippen molar-refractivity contribution in [3.05, 3.63) is 18.0 Å². The molecule has 3 N–H and O–H groups in total. The van der Waals surface area contributed by atoms with Gasteiger partial charge in [-0.15, -0.1) is 0 Å². The molecule has 0 atom stereocenters. The molecular formula is C16H23N7O3S2. The Morgan fingerprint density at radius 2 is 2.00 bits per heavy atom. The van der Waals surface area contributed by atoms with E-state index in [0.29, 0.717) is 12.5 Å². The van der Waals surface area contributed by atoms with Crippen molar-refractivity contribution in [2.24, 2.45) is 0 Å². The smallest absolute Gasteiger partial charge is 0.251 e. The van der Waals surface area contributed by atoms with Crippen LogP contribution in [0.1, 0.15) is 25.5 Å². The van der Waals surface area contributed by atoms with Crippen LogP contribution < -0.4 is 20.3 Å². The van der Waals surface area contributed by atoms with Gasteiger partial charge in [-0.25, -0.2) is 23.1 Å². The number of anilines is 3. The minimum absolute atomic E-state index is 0.0411. The zero-order chi connectivity index (χ0) is 20.1. The average molecular weight is 426 g/mol. The first-order valence-corrected chi connectivity index (χ1v) is 11.2. The number of nitrogens with one attached hydrogen (secondary N) is 3. The average Bonchev–Trinajstić information content (AvgIpc) is 3.30. The van der Waals surface area contributed by atoms with Gasteiger partial charge in [0.2, 0.25) is 11.9 Å². The van der Waals surface area contributed by atoms with Gasteiger partial charge in [0, 0.05) is 44.9 Å². The lowest BCUT2D eigenvalue weighted by atomic mass is 10.4. The molecule has 0 saturated carbocycles. The lowest BCUT2D eigenvalue weighted by Crippen LogP contribution is -2.29. The molecule has 1 aliphatic rings. The summed E-state index contributed by atoms with van der Waals surface area (Å²) in [6.07, 6.45) is 3.54. The Balaban J connectivity index is 1.53. The fourth-order valence-corrected chi connectivity index (χ4v) is 4.92. The third-order valence-corrected chi connectivity index (χ3v) is 6.84. The molecule has 3 heterocycles. The highest BCUT2D eigenvalue weighted by atomic mass is 32.2. The molecule has 28 heavy (non-hydrogen) atoms. The van der Waals surface area contributed by atoms with Gasteiger partial charge in [0.1, 0.15) is 5.82 Å². The van der Waals surface area contributed by atoms with E-state index in [9.17, 15) is 13.2 Å². The highest BCUT2D eigenvalue weighted by Crippen LogP contribution is 2.22. The van der Waals surface area contributed by atoms with E-state index in [2.05, 4.69) is 35.2 Å². The molecule has 10 nitrogen and oxygen atoms in total. The van der Waals surface area contributed by atoms with E-state index in [1.165, 1.54) is 13.1 Å². The second-order valence-corrected chi connectivity index (χ2v) is 9.40. The van der Waals surface area contributed by atoms with Crippen molar-refractivity contribution in [3.8, 4) is 0 Å². The van der Waals surface area contributed by atoms with E-state index < -0.39 is 10.0 Å². The second-order valence-electron chi connectivity index (χ2n) is 6.38. The molecule has 1 aliphatic heterocycles. The minimum Gasteiger partial charge on any atom is -0.356 e. The molecule has 152 valence electrons. The summed E-state index contributed by atoms with van der Waals surface area (Å²) < 4.78 is 27.2. The maximum Gasteiger partial charge on any atom is 0.251 e. The molecule has 0 aromatic carbocycles. The van der Waals surface area contributed by atoms with Gasteiger partial charge in [0.15, 0.2) is 9.34 Å². The van der Waals surface area contributed by atoms with Crippen molar-refractivity contribution in [3.63, 3.8) is 0 Å². The molecule has 0 radical (unpaired) electrons. The Morgan fingerprint density at radius 3 is 2.71 bits per heavy atom. The zero-order valence-electron chi connectivity index (χ0n) is 15.7. The predicted molar refractivity (Wildman–Crippen MR) is 108 cm³/mol. The first kappa shape index (κ1) is 20.4. The van der Waals surface area contributed by atoms with Crippen LogP contribution in [0.5, 0.6) is 0 Å². The molecule has 3 rings (SSSR count). The van der Waals surface area contributed by atoms with Crippen LogP contribution in [0, 0.1) is 6.92 Å². The van der Waals surface area contributed by atoms with E-state index in [1.807, 2.05) is 13.0 Å². The van der Waals surface area contributed by atoms with Gasteiger partial charge in [0.25, 0.3) is 10.0 Å². The van der Waals surface area contributed by atoms with E-state index in [0.717, 1.165) is 48.8 Å². The molecular weight excluding hydrogens is 402 g/mol. The van der Waals surface area contributed by atoms with Crippen molar-refractivity contribution in [1.82, 2.24) is 19.7 Å². The third kappa shape index (κ3) is 5.36. The van der Waals surface area contributed by atoms with Crippen LogP contribution >= 0.6 is 11.3 Å². The molecule has 1 amide bonds. The van der Waals surface area contributed by atoms with Gasteiger partial charge in [-0.2, -0.15) is 4.98 Å². The van der Waals surface area contributed by atoms with Crippen LogP contribution in [0.25, 0.3) is 0 Å². The maximum atomic E-state index is 12.3. The highest BCUT2D eigenvalue weighted by Gasteiger charge is 2.18. The van der Waals surface area contributed by atoms with Gasteiger partial charge >= 0.3 is 0 Å². The van der Waals surface area contributed by atoms with Crippen molar-refractivity contribution in [2.75, 3.05) is 41.7 Å². The Kier molecular flexibility index (Phi) is 6.42. The molecule has 0 unspecified atom stereocenters. The lowest BCUT2D eigenvalue weighted by Gasteiger charge is -2.17. The normalized spacial score (nSPS) is 14.3. The van der Waals surface area contributed by atoms with Gasteiger partial charge in [0.05, 0.1) is 6.20 Å². The summed E-state index contributed by atoms with van der Waals surface area (Å²) in [5.74, 6) is 1.07. The van der Waals surface area contributed by atoms with Crippen LogP contribution in [0.4, 0.5) is 16.9 Å². The minimum atomic E-state index is -3.69. The lowest BCUT2D eigenvalue weighted by molar-refractivity contribution is -0.114. The van der Waals surface area contributed by atoms with Crippen LogP contribution in [0.2, 0.25) is 0 Å². The van der Waals surface area contributed by atoms with E-state index in [1.54, 1.807) is 0 Å². The first-order valence-electron chi connectivity index (χ1n) is 8.91. The van der Waals surface area contributed by atoms with Gasteiger partial charge < -0.3 is 15.5 Å². The number of hydrogen-bond donors (Lipinski definition) is 3. The quantitative estimate of drug-likeness (QED) is 0.538. The summed E-state index contributed by atoms with van der Waals surface area (Å²) in [7, 11) is -3.69. The van der Waals surface area contributed by atoms with Crippen molar-refractivity contribution >= 4 is 44.2 Å². The molecule has 1 fully saturated rings. The van der Waals surface area contributed by atoms with Crippen molar-refractivity contribution < 1.29 is 13.2 Å². The monoisotopic (exact) mass is 425 g/mol. The standard InChI is InChI=1S/C16H23N7O3S2/c1-11-9-13(23-7-3-4-8-23)22-15(20-11)17-5-6-19-28(25,26)14-10-18-16(27-14)21-12(2)24/h9-10,19H,3-8H2,1-2H3,(H,17,20,22)(H,18,21,24). The number of rotatable bonds is 8. The number of hydrogen-bond acceptors (Lipinski definition) is 9. The number of thiazole rings is 1. The van der Waals surface area contributed by atoms with E-state index in [-0.39, 0.29) is 21.8 Å². The van der Waals surface area contributed by atoms with Crippen LogP contribution in [0.3, 0.4) is 0 Å². The summed E-state index contributed by atoms with van der Waals surface area (Å²) in [5.41, 5.74) is 0.857. The summed E-state index contributed by atoms with van der Waals surface area (Å²) in [4.78, 5) is 26.0. The first-order chi connectivity index (χ1) is 13.3. The van der Waals surface area contributed by atoms with Gasteiger partial charge in [-0.3, -0.25) is 4.79 Å². The van der Waals surface area contributed by atoms with Crippen molar-refractivity contribution in [2.45, 2.75) is 30.9 Å². The number of carbonyl (C=O) groups excluding carboxylic acids is 1. The van der Waals surface area contributed by atoms with Gasteiger partial charge in [-0.05, 0) is 19.8 Å². The molecule has 0 aliphatic carbocycles. The molecule has 2 aromatic heterocycles. The maximum absolute atomic E-state index is 12.3. The summed E-state index contributed by atoms with van der Waals surface area (Å²) >= 11 is 0.896. The molecule has 1 saturated heterocycles. The molecule has 0 spiro atoms. The zero-order valence-corrected chi connectivity index (χ0v) is 17.4. The van der Waals surface area contributed by atoms with E-state index in [4.69, 9.17) is 0 Å². The Labute approximate surface area is 167 Å². The Morgan fingerprint density at radius 1 is 1.25 bits per heavy atom. The summed E-state index contributed by atoms with van der Waals surface area (Å²) in [5, 5.41) is 5.77. The number of sulfonamides is 1. The summed E-state index contributed by atoms with van der Waals surface area (Å²) in [6.45, 7) is 5.72. The SMILES string of the molecule is CC(=O)Nc1ncc(S(=O)(=O)NCCNc2nc(C)cc(N3CCCC3)n2)s1. The van der Waals surface area contributed by atoms with Crippen molar-refractivity contribution in [1.29, 1.82) is 0 Å². The Bertz CT molecular complexity index is 939. The van der Waals surface area contributed by atoms with Crippen LogP contribution in [-0.4, -0.2) is 55.5 Å². The van der Waals surface area contributed by atoms with Crippen LogP contribution in [-0.2, 0) is 14.8 Å². The van der Waals surface area contributed by atoms with Crippen LogP contribution in [0.15, 0.2) is 16.5 Å². The number of nitrogens with zero attached hydrogens (tertiary/aromatic N) is 4. The van der Waals surface area contributed by atoms with Gasteiger partial charge in [-0.1, -0.05) is 11.3 Å². The van der Waals surface area contributed by atoms with E-state index >= 15 is 0 Å². The number of carbonyl (C=O) groups is 1. The molecule has 12 heteroatoms. The topological polar surface area (TPSA) is 129 Å². The molecule has 0 bridgehead atoms. The Hall–Kier alpha value is -2.31. The second kappa shape index (κ2) is 8.80. The fraction of sp³-hybridized carbons (Fsp3) is 0.500. The fourth-order valence-electron chi connectivity index (χ4n) is 2.76. The largest absolute Gasteiger partial charge is 0.356 e. The number of amides is 1. The predicted octanol–water partition coefficient (Wildman–Crippen LogP) is 1.19. The number of aromatic nitrogens is 3. The summed E-state index contributed by atoms with van der Waals surface area (Å²) in [6, 6.07) is 1.95. The number of aryl methyl sites for hydroxylation is 1. The third-order valence-electron chi connectivity index (χ3n) is 4.00. The highest BCUT2D eigenvalue weighted by molar-refractivity contribution is 7.91.